The molecule has 0 amide bonds. The molecule has 3 heteroatoms. The van der Waals surface area contributed by atoms with E-state index in [2.05, 4.69) is 24.8 Å². The van der Waals surface area contributed by atoms with E-state index in [-0.39, 0.29) is 5.82 Å². The molecule has 0 aliphatic heterocycles. The molecule has 0 aliphatic rings. The van der Waals surface area contributed by atoms with Crippen molar-refractivity contribution in [1.82, 2.24) is 4.90 Å². The van der Waals surface area contributed by atoms with Crippen LogP contribution in [0.15, 0.2) is 29.8 Å². The molecule has 0 aliphatic carbocycles. The molecule has 0 spiro atoms. The highest BCUT2D eigenvalue weighted by Crippen LogP contribution is 2.18. The number of rotatable bonds is 5. The smallest absolute Gasteiger partial charge is 0.165 e. The van der Waals surface area contributed by atoms with Crippen LogP contribution in [0.4, 0.5) is 4.39 Å². The van der Waals surface area contributed by atoms with E-state index in [9.17, 15) is 4.39 Å². The molecule has 0 atom stereocenters. The van der Waals surface area contributed by atoms with Gasteiger partial charge in [-0.1, -0.05) is 17.7 Å². The Labute approximate surface area is 103 Å². The van der Waals surface area contributed by atoms with Crippen molar-refractivity contribution in [2.45, 2.75) is 20.4 Å². The number of ether oxygens (including phenoxy) is 1. The number of likely N-dealkylation sites (N-methyl/N-ethyl adjacent to an activating group) is 1. The van der Waals surface area contributed by atoms with Crippen LogP contribution in [0.3, 0.4) is 0 Å². The number of methoxy groups -OCH3 is 1. The van der Waals surface area contributed by atoms with Crippen LogP contribution in [0.5, 0.6) is 5.75 Å². The number of allylic oxidation sites excluding steroid dienone is 1. The molecule has 0 fully saturated rings. The summed E-state index contributed by atoms with van der Waals surface area (Å²) in [4.78, 5) is 2.13. The highest BCUT2D eigenvalue weighted by Gasteiger charge is 2.05. The summed E-state index contributed by atoms with van der Waals surface area (Å²) in [6, 6.07) is 5.08. The maximum atomic E-state index is 13.5. The molecule has 1 aromatic rings. The van der Waals surface area contributed by atoms with Crippen molar-refractivity contribution in [3.63, 3.8) is 0 Å². The van der Waals surface area contributed by atoms with Gasteiger partial charge in [-0.3, -0.25) is 4.90 Å². The van der Waals surface area contributed by atoms with Gasteiger partial charge in [0.1, 0.15) is 0 Å². The molecule has 0 saturated carbocycles. The molecule has 0 aromatic heterocycles. The third-order valence-corrected chi connectivity index (χ3v) is 2.48. The van der Waals surface area contributed by atoms with Gasteiger partial charge in [0, 0.05) is 13.1 Å². The molecule has 0 radical (unpaired) electrons. The van der Waals surface area contributed by atoms with E-state index in [0.717, 1.165) is 18.7 Å². The van der Waals surface area contributed by atoms with Crippen LogP contribution in [-0.4, -0.2) is 25.6 Å². The minimum absolute atomic E-state index is 0.292. The van der Waals surface area contributed by atoms with E-state index in [1.54, 1.807) is 6.07 Å². The minimum Gasteiger partial charge on any atom is -0.494 e. The van der Waals surface area contributed by atoms with Gasteiger partial charge in [0.05, 0.1) is 7.11 Å². The average Bonchev–Trinajstić information content (AvgIpc) is 2.26. The zero-order chi connectivity index (χ0) is 12.8. The lowest BCUT2D eigenvalue weighted by Crippen LogP contribution is -2.17. The van der Waals surface area contributed by atoms with Gasteiger partial charge in [0.15, 0.2) is 11.6 Å². The second-order valence-electron chi connectivity index (χ2n) is 4.45. The van der Waals surface area contributed by atoms with Gasteiger partial charge in [-0.2, -0.15) is 0 Å². The summed E-state index contributed by atoms with van der Waals surface area (Å²) >= 11 is 0. The Morgan fingerprint density at radius 1 is 1.41 bits per heavy atom. The molecule has 1 aromatic carbocycles. The lowest BCUT2D eigenvalue weighted by molar-refractivity contribution is 0.359. The Kier molecular flexibility index (Phi) is 5.16. The summed E-state index contributed by atoms with van der Waals surface area (Å²) in [6.07, 6.45) is 2.15. The van der Waals surface area contributed by atoms with E-state index in [1.807, 2.05) is 13.1 Å². The maximum Gasteiger partial charge on any atom is 0.165 e. The molecular weight excluding hydrogens is 217 g/mol. The fraction of sp³-hybridized carbons (Fsp3) is 0.429. The van der Waals surface area contributed by atoms with Gasteiger partial charge in [-0.15, -0.1) is 0 Å². The SMILES string of the molecule is COc1ccc(CN(C)CC=C(C)C)cc1F. The standard InChI is InChI=1S/C14H20FNO/c1-11(2)7-8-16(3)10-12-5-6-14(17-4)13(15)9-12/h5-7,9H,8,10H2,1-4H3. The molecule has 94 valence electrons. The zero-order valence-electron chi connectivity index (χ0n) is 11.0. The number of nitrogens with zero attached hydrogens (tertiary/aromatic N) is 1. The fourth-order valence-corrected chi connectivity index (χ4v) is 1.52. The monoisotopic (exact) mass is 237 g/mol. The number of hydrogen-bond acceptors (Lipinski definition) is 2. The van der Waals surface area contributed by atoms with Gasteiger partial charge in [0.2, 0.25) is 0 Å². The first-order chi connectivity index (χ1) is 8.02. The van der Waals surface area contributed by atoms with Crippen LogP contribution in [0, 0.1) is 5.82 Å². The summed E-state index contributed by atoms with van der Waals surface area (Å²) in [6.45, 7) is 5.74. The van der Waals surface area contributed by atoms with Crippen molar-refractivity contribution in [2.75, 3.05) is 20.7 Å². The lowest BCUT2D eigenvalue weighted by Gasteiger charge is -2.15. The number of benzene rings is 1. The molecular formula is C14H20FNO. The summed E-state index contributed by atoms with van der Waals surface area (Å²) in [7, 11) is 3.49. The van der Waals surface area contributed by atoms with Crippen LogP contribution in [0.25, 0.3) is 0 Å². The summed E-state index contributed by atoms with van der Waals surface area (Å²) in [5.41, 5.74) is 2.24. The maximum absolute atomic E-state index is 13.5. The van der Waals surface area contributed by atoms with Gasteiger partial charge in [-0.05, 0) is 38.6 Å². The van der Waals surface area contributed by atoms with Crippen molar-refractivity contribution in [2.24, 2.45) is 0 Å². The largest absolute Gasteiger partial charge is 0.494 e. The van der Waals surface area contributed by atoms with E-state index in [0.29, 0.717) is 5.75 Å². The Morgan fingerprint density at radius 3 is 2.65 bits per heavy atom. The van der Waals surface area contributed by atoms with Gasteiger partial charge in [-0.25, -0.2) is 4.39 Å². The Balaban J connectivity index is 2.62. The predicted molar refractivity (Wildman–Crippen MR) is 68.7 cm³/mol. The zero-order valence-corrected chi connectivity index (χ0v) is 11.0. The molecule has 0 N–H and O–H groups in total. The molecule has 17 heavy (non-hydrogen) atoms. The van der Waals surface area contributed by atoms with Crippen molar-refractivity contribution >= 4 is 0 Å². The predicted octanol–water partition coefficient (Wildman–Crippen LogP) is 3.23. The Bertz CT molecular complexity index is 397. The quantitative estimate of drug-likeness (QED) is 0.729. The van der Waals surface area contributed by atoms with E-state index >= 15 is 0 Å². The van der Waals surface area contributed by atoms with Crippen LogP contribution < -0.4 is 4.74 Å². The second-order valence-corrected chi connectivity index (χ2v) is 4.45. The van der Waals surface area contributed by atoms with Crippen molar-refractivity contribution in [1.29, 1.82) is 0 Å². The van der Waals surface area contributed by atoms with Crippen LogP contribution in [0.1, 0.15) is 19.4 Å². The lowest BCUT2D eigenvalue weighted by atomic mass is 10.2. The molecule has 0 heterocycles. The molecule has 1 rings (SSSR count). The van der Waals surface area contributed by atoms with Crippen LogP contribution in [0.2, 0.25) is 0 Å². The third kappa shape index (κ3) is 4.57. The Morgan fingerprint density at radius 2 is 2.12 bits per heavy atom. The highest BCUT2D eigenvalue weighted by atomic mass is 19.1. The first kappa shape index (κ1) is 13.7. The molecule has 0 saturated heterocycles. The van der Waals surface area contributed by atoms with Gasteiger partial charge < -0.3 is 4.74 Å². The molecule has 0 bridgehead atoms. The number of halogens is 1. The summed E-state index contributed by atoms with van der Waals surface area (Å²) < 4.78 is 18.3. The van der Waals surface area contributed by atoms with Gasteiger partial charge >= 0.3 is 0 Å². The van der Waals surface area contributed by atoms with E-state index in [4.69, 9.17) is 4.74 Å². The summed E-state index contributed by atoms with van der Waals surface area (Å²) in [5.74, 6) is -0.0127. The first-order valence-corrected chi connectivity index (χ1v) is 5.67. The topological polar surface area (TPSA) is 12.5 Å². The normalized spacial score (nSPS) is 10.5. The minimum atomic E-state index is -0.305. The second kappa shape index (κ2) is 6.40. The van der Waals surface area contributed by atoms with Crippen LogP contribution in [-0.2, 0) is 6.54 Å². The van der Waals surface area contributed by atoms with Crippen LogP contribution >= 0.6 is 0 Å². The highest BCUT2D eigenvalue weighted by molar-refractivity contribution is 5.29. The van der Waals surface area contributed by atoms with Crippen molar-refractivity contribution < 1.29 is 9.13 Å². The van der Waals surface area contributed by atoms with E-state index < -0.39 is 0 Å². The number of hydrogen-bond donors (Lipinski definition) is 0. The Hall–Kier alpha value is -1.35. The first-order valence-electron chi connectivity index (χ1n) is 5.67. The fourth-order valence-electron chi connectivity index (χ4n) is 1.52. The van der Waals surface area contributed by atoms with Crippen molar-refractivity contribution in [3.8, 4) is 5.75 Å². The van der Waals surface area contributed by atoms with Gasteiger partial charge in [0.25, 0.3) is 0 Å². The van der Waals surface area contributed by atoms with E-state index in [1.165, 1.54) is 18.7 Å². The molecule has 2 nitrogen and oxygen atoms in total. The summed E-state index contributed by atoms with van der Waals surface area (Å²) in [5, 5.41) is 0. The average molecular weight is 237 g/mol. The molecule has 0 unspecified atom stereocenters. The van der Waals surface area contributed by atoms with Crippen molar-refractivity contribution in [3.05, 3.63) is 41.2 Å². The third-order valence-electron chi connectivity index (χ3n) is 2.48.